The van der Waals surface area contributed by atoms with Crippen molar-refractivity contribution in [1.29, 1.82) is 0 Å². The Bertz CT molecular complexity index is 880. The maximum atomic E-state index is 12.5. The first-order chi connectivity index (χ1) is 12.9. The molecule has 0 atom stereocenters. The lowest BCUT2D eigenvalue weighted by atomic mass is 10.1. The van der Waals surface area contributed by atoms with Gasteiger partial charge in [-0.1, -0.05) is 30.3 Å². The molecular formula is C20H25N3O3S. The van der Waals surface area contributed by atoms with E-state index in [9.17, 15) is 13.2 Å². The maximum absolute atomic E-state index is 12.5. The van der Waals surface area contributed by atoms with Crippen molar-refractivity contribution in [2.45, 2.75) is 25.4 Å². The van der Waals surface area contributed by atoms with E-state index >= 15 is 0 Å². The SMILES string of the molecule is CS(=O)(=O)NCCN(Cc1cccc(C(=O)Nc2ccccc2)c1)C1CC1. The summed E-state index contributed by atoms with van der Waals surface area (Å²) >= 11 is 0. The van der Waals surface area contributed by atoms with Gasteiger partial charge in [0.1, 0.15) is 0 Å². The second kappa shape index (κ2) is 8.65. The molecule has 0 heterocycles. The molecule has 2 aromatic rings. The van der Waals surface area contributed by atoms with Gasteiger partial charge in [0, 0.05) is 36.9 Å². The number of nitrogens with one attached hydrogen (secondary N) is 2. The number of para-hydroxylation sites is 1. The van der Waals surface area contributed by atoms with Gasteiger partial charge in [-0.2, -0.15) is 0 Å². The van der Waals surface area contributed by atoms with Crippen LogP contribution in [0.1, 0.15) is 28.8 Å². The molecule has 1 aliphatic rings. The lowest BCUT2D eigenvalue weighted by molar-refractivity contribution is 0.102. The first-order valence-electron chi connectivity index (χ1n) is 9.05. The molecule has 0 spiro atoms. The summed E-state index contributed by atoms with van der Waals surface area (Å²) in [5.74, 6) is -0.139. The molecule has 144 valence electrons. The summed E-state index contributed by atoms with van der Waals surface area (Å²) in [6.07, 6.45) is 3.43. The Morgan fingerprint density at radius 1 is 1.11 bits per heavy atom. The van der Waals surface area contributed by atoms with Crippen LogP contribution in [-0.2, 0) is 16.6 Å². The highest BCUT2D eigenvalue weighted by Crippen LogP contribution is 2.28. The van der Waals surface area contributed by atoms with Gasteiger partial charge in [-0.05, 0) is 42.7 Å². The normalized spacial score (nSPS) is 14.3. The number of rotatable bonds is 9. The third kappa shape index (κ3) is 6.46. The number of hydrogen-bond donors (Lipinski definition) is 2. The molecule has 1 fully saturated rings. The van der Waals surface area contributed by atoms with E-state index in [0.29, 0.717) is 31.2 Å². The predicted molar refractivity (Wildman–Crippen MR) is 107 cm³/mol. The van der Waals surface area contributed by atoms with Gasteiger partial charge in [-0.3, -0.25) is 9.69 Å². The van der Waals surface area contributed by atoms with Crippen molar-refractivity contribution in [2.75, 3.05) is 24.7 Å². The van der Waals surface area contributed by atoms with Crippen molar-refractivity contribution in [1.82, 2.24) is 9.62 Å². The summed E-state index contributed by atoms with van der Waals surface area (Å²) in [6, 6.07) is 17.4. The van der Waals surface area contributed by atoms with Crippen LogP contribution in [0.5, 0.6) is 0 Å². The quantitative estimate of drug-likeness (QED) is 0.693. The van der Waals surface area contributed by atoms with Gasteiger partial charge in [0.05, 0.1) is 6.26 Å². The smallest absolute Gasteiger partial charge is 0.255 e. The van der Waals surface area contributed by atoms with E-state index in [4.69, 9.17) is 0 Å². The lowest BCUT2D eigenvalue weighted by Crippen LogP contribution is -2.35. The number of nitrogens with zero attached hydrogens (tertiary/aromatic N) is 1. The van der Waals surface area contributed by atoms with Gasteiger partial charge in [-0.25, -0.2) is 13.1 Å². The zero-order valence-electron chi connectivity index (χ0n) is 15.4. The largest absolute Gasteiger partial charge is 0.322 e. The predicted octanol–water partition coefficient (Wildman–Crippen LogP) is 2.45. The zero-order valence-corrected chi connectivity index (χ0v) is 16.2. The average Bonchev–Trinajstić information content (AvgIpc) is 3.46. The molecular weight excluding hydrogens is 362 g/mol. The van der Waals surface area contributed by atoms with Gasteiger partial charge in [-0.15, -0.1) is 0 Å². The highest BCUT2D eigenvalue weighted by atomic mass is 32.2. The van der Waals surface area contributed by atoms with Crippen molar-refractivity contribution >= 4 is 21.6 Å². The maximum Gasteiger partial charge on any atom is 0.255 e. The van der Waals surface area contributed by atoms with Crippen molar-refractivity contribution in [2.24, 2.45) is 0 Å². The summed E-state index contributed by atoms with van der Waals surface area (Å²) in [4.78, 5) is 14.7. The lowest BCUT2D eigenvalue weighted by Gasteiger charge is -2.22. The van der Waals surface area contributed by atoms with Crippen LogP contribution in [0.25, 0.3) is 0 Å². The Morgan fingerprint density at radius 2 is 1.85 bits per heavy atom. The number of amides is 1. The molecule has 3 rings (SSSR count). The average molecular weight is 388 g/mol. The summed E-state index contributed by atoms with van der Waals surface area (Å²) < 4.78 is 25.0. The number of anilines is 1. The van der Waals surface area contributed by atoms with Crippen molar-refractivity contribution < 1.29 is 13.2 Å². The van der Waals surface area contributed by atoms with Crippen LogP contribution in [0.3, 0.4) is 0 Å². The standard InChI is InChI=1S/C20H25N3O3S/c1-27(25,26)21-12-13-23(19-10-11-19)15-16-6-5-7-17(14-16)20(24)22-18-8-3-2-4-9-18/h2-9,14,19,21H,10-13,15H2,1H3,(H,22,24). The Hall–Kier alpha value is -2.22. The summed E-state index contributed by atoms with van der Waals surface area (Å²) in [7, 11) is -3.18. The molecule has 0 aromatic heterocycles. The zero-order chi connectivity index (χ0) is 19.3. The molecule has 6 nitrogen and oxygen atoms in total. The Kier molecular flexibility index (Phi) is 6.26. The second-order valence-corrected chi connectivity index (χ2v) is 8.72. The molecule has 1 amide bonds. The minimum Gasteiger partial charge on any atom is -0.322 e. The number of carbonyl (C=O) groups excluding carboxylic acids is 1. The second-order valence-electron chi connectivity index (χ2n) is 6.89. The summed E-state index contributed by atoms with van der Waals surface area (Å²) in [5, 5.41) is 2.90. The molecule has 7 heteroatoms. The van der Waals surface area contributed by atoms with Gasteiger partial charge in [0.15, 0.2) is 0 Å². The first-order valence-corrected chi connectivity index (χ1v) is 10.9. The van der Waals surface area contributed by atoms with Crippen molar-refractivity contribution in [3.63, 3.8) is 0 Å². The number of benzene rings is 2. The number of sulfonamides is 1. The van der Waals surface area contributed by atoms with E-state index in [1.54, 1.807) is 6.07 Å². The highest BCUT2D eigenvalue weighted by molar-refractivity contribution is 7.88. The minimum atomic E-state index is -3.18. The topological polar surface area (TPSA) is 78.5 Å². The van der Waals surface area contributed by atoms with Gasteiger partial charge >= 0.3 is 0 Å². The van der Waals surface area contributed by atoms with E-state index in [2.05, 4.69) is 14.9 Å². The Labute approximate surface area is 160 Å². The van der Waals surface area contributed by atoms with E-state index in [-0.39, 0.29) is 5.91 Å². The molecule has 0 radical (unpaired) electrons. The molecule has 0 unspecified atom stereocenters. The van der Waals surface area contributed by atoms with E-state index in [1.807, 2.05) is 48.5 Å². The number of carbonyl (C=O) groups is 1. The van der Waals surface area contributed by atoms with Crippen molar-refractivity contribution in [3.8, 4) is 0 Å². The summed E-state index contributed by atoms with van der Waals surface area (Å²) in [5.41, 5.74) is 2.42. The van der Waals surface area contributed by atoms with Crippen LogP contribution >= 0.6 is 0 Å². The van der Waals surface area contributed by atoms with Crippen molar-refractivity contribution in [3.05, 3.63) is 65.7 Å². The fraction of sp³-hybridized carbons (Fsp3) is 0.350. The molecule has 0 aliphatic heterocycles. The van der Waals surface area contributed by atoms with E-state index in [0.717, 1.165) is 24.1 Å². The fourth-order valence-electron chi connectivity index (χ4n) is 2.98. The van der Waals surface area contributed by atoms with Gasteiger partial charge in [0.25, 0.3) is 5.91 Å². The van der Waals surface area contributed by atoms with Crippen LogP contribution in [-0.4, -0.2) is 44.6 Å². The van der Waals surface area contributed by atoms with Gasteiger partial charge < -0.3 is 5.32 Å². The Morgan fingerprint density at radius 3 is 2.52 bits per heavy atom. The first kappa shape index (κ1) is 19.5. The summed E-state index contributed by atoms with van der Waals surface area (Å²) in [6.45, 7) is 1.74. The van der Waals surface area contributed by atoms with E-state index < -0.39 is 10.0 Å². The van der Waals surface area contributed by atoms with Crippen LogP contribution < -0.4 is 10.0 Å². The molecule has 1 saturated carbocycles. The minimum absolute atomic E-state index is 0.139. The molecule has 27 heavy (non-hydrogen) atoms. The van der Waals surface area contributed by atoms with Crippen LogP contribution in [0.4, 0.5) is 5.69 Å². The van der Waals surface area contributed by atoms with Crippen LogP contribution in [0.15, 0.2) is 54.6 Å². The Balaban J connectivity index is 1.62. The third-order valence-electron chi connectivity index (χ3n) is 4.43. The molecule has 2 aromatic carbocycles. The molecule has 1 aliphatic carbocycles. The highest BCUT2D eigenvalue weighted by Gasteiger charge is 2.28. The van der Waals surface area contributed by atoms with Gasteiger partial charge in [0.2, 0.25) is 10.0 Å². The van der Waals surface area contributed by atoms with E-state index in [1.165, 1.54) is 6.26 Å². The third-order valence-corrected chi connectivity index (χ3v) is 5.16. The number of hydrogen-bond acceptors (Lipinski definition) is 4. The van der Waals surface area contributed by atoms with Crippen LogP contribution in [0, 0.1) is 0 Å². The molecule has 0 saturated heterocycles. The monoisotopic (exact) mass is 387 g/mol. The van der Waals surface area contributed by atoms with Crippen LogP contribution in [0.2, 0.25) is 0 Å². The fourth-order valence-corrected chi connectivity index (χ4v) is 3.44. The molecule has 2 N–H and O–H groups in total. The molecule has 0 bridgehead atoms.